The van der Waals surface area contributed by atoms with Gasteiger partial charge in [-0.1, -0.05) is 102 Å². The molecule has 0 aromatic heterocycles. The van der Waals surface area contributed by atoms with Gasteiger partial charge in [0.05, 0.1) is 12.0 Å². The highest BCUT2D eigenvalue weighted by Crippen LogP contribution is 2.67. The molecule has 0 heterocycles. The molecule has 8 atom stereocenters. The summed E-state index contributed by atoms with van der Waals surface area (Å²) in [7, 11) is 0. The summed E-state index contributed by atoms with van der Waals surface area (Å²) in [6.45, 7) is 12.5. The Kier molecular flexibility index (Phi) is 10.0. The Morgan fingerprint density at radius 3 is 2.41 bits per heavy atom. The van der Waals surface area contributed by atoms with Crippen LogP contribution in [-0.2, 0) is 14.3 Å². The lowest BCUT2D eigenvalue weighted by atomic mass is 9.47. The summed E-state index contributed by atoms with van der Waals surface area (Å²) in [4.78, 5) is 25.3. The molecule has 4 nitrogen and oxygen atoms in total. The lowest BCUT2D eigenvalue weighted by Gasteiger charge is -2.58. The molecule has 6 rings (SSSR count). The summed E-state index contributed by atoms with van der Waals surface area (Å²) in [6.07, 6.45) is 24.7. The molecule has 1 aromatic carbocycles. The molecule has 0 radical (unpaired) electrons. The first-order valence-electron chi connectivity index (χ1n) is 18.6. The maximum Gasteiger partial charge on any atom is 0.338 e. The summed E-state index contributed by atoms with van der Waals surface area (Å²) >= 11 is 0. The molecule has 3 fully saturated rings. The Morgan fingerprint density at radius 1 is 0.913 bits per heavy atom. The number of fused-ring (bicyclic) bond motifs is 5. The zero-order valence-electron chi connectivity index (χ0n) is 29.1. The van der Waals surface area contributed by atoms with Crippen molar-refractivity contribution in [2.45, 2.75) is 124 Å². The molecule has 0 bridgehead atoms. The quantitative estimate of drug-likeness (QED) is 0.181. The minimum absolute atomic E-state index is 0.0435. The topological polar surface area (TPSA) is 52.6 Å². The second-order valence-corrected chi connectivity index (χ2v) is 16.4. The van der Waals surface area contributed by atoms with Crippen LogP contribution >= 0.6 is 0 Å². The molecule has 3 saturated carbocycles. The van der Waals surface area contributed by atoms with E-state index in [1.165, 1.54) is 56.9 Å². The molecule has 4 heteroatoms. The zero-order chi connectivity index (χ0) is 32.5. The summed E-state index contributed by atoms with van der Waals surface area (Å²) in [5.41, 5.74) is 3.93. The van der Waals surface area contributed by atoms with E-state index >= 15 is 0 Å². The van der Waals surface area contributed by atoms with Crippen LogP contribution in [0, 0.1) is 46.3 Å². The smallest absolute Gasteiger partial charge is 0.338 e. The number of benzene rings is 1. The van der Waals surface area contributed by atoms with Gasteiger partial charge in [0, 0.05) is 12.3 Å². The highest BCUT2D eigenvalue weighted by atomic mass is 16.6. The Morgan fingerprint density at radius 2 is 1.67 bits per heavy atom. The number of ether oxygens (including phenoxy) is 2. The van der Waals surface area contributed by atoms with Crippen molar-refractivity contribution in [3.8, 4) is 0 Å². The average Bonchev–Trinajstić information content (AvgIpc) is 3.69. The molecule has 0 aliphatic heterocycles. The fourth-order valence-electron chi connectivity index (χ4n) is 10.8. The van der Waals surface area contributed by atoms with E-state index in [4.69, 9.17) is 9.47 Å². The van der Waals surface area contributed by atoms with E-state index in [2.05, 4.69) is 52.8 Å². The van der Waals surface area contributed by atoms with E-state index in [1.807, 2.05) is 24.3 Å². The van der Waals surface area contributed by atoms with Crippen LogP contribution < -0.4 is 0 Å². The van der Waals surface area contributed by atoms with Crippen LogP contribution in [0.3, 0.4) is 0 Å². The second kappa shape index (κ2) is 13.9. The second-order valence-electron chi connectivity index (χ2n) is 16.4. The Bertz CT molecular complexity index is 1320. The first-order chi connectivity index (χ1) is 22.1. The van der Waals surface area contributed by atoms with Crippen LogP contribution in [0.2, 0.25) is 0 Å². The molecule has 5 aliphatic rings. The molecule has 0 N–H and O–H groups in total. The van der Waals surface area contributed by atoms with Crippen molar-refractivity contribution in [2.24, 2.45) is 46.3 Å². The third kappa shape index (κ3) is 6.70. The fourth-order valence-corrected chi connectivity index (χ4v) is 10.8. The van der Waals surface area contributed by atoms with Crippen LogP contribution in [0.4, 0.5) is 0 Å². The van der Waals surface area contributed by atoms with Crippen molar-refractivity contribution >= 4 is 11.9 Å². The van der Waals surface area contributed by atoms with Crippen LogP contribution in [-0.4, -0.2) is 24.6 Å². The minimum Gasteiger partial charge on any atom is -0.462 e. The van der Waals surface area contributed by atoms with Gasteiger partial charge in [0.25, 0.3) is 0 Å². The molecule has 0 unspecified atom stereocenters. The van der Waals surface area contributed by atoms with Gasteiger partial charge >= 0.3 is 11.9 Å². The Balaban J connectivity index is 0.982. The summed E-state index contributed by atoms with van der Waals surface area (Å²) in [5, 5.41) is 0. The van der Waals surface area contributed by atoms with Crippen molar-refractivity contribution in [3.63, 3.8) is 0 Å². The van der Waals surface area contributed by atoms with E-state index in [1.54, 1.807) is 12.1 Å². The van der Waals surface area contributed by atoms with Crippen LogP contribution in [0.5, 0.6) is 0 Å². The van der Waals surface area contributed by atoms with Gasteiger partial charge in [0.2, 0.25) is 0 Å². The first kappa shape index (κ1) is 33.3. The lowest BCUT2D eigenvalue weighted by molar-refractivity contribution is -0.152. The summed E-state index contributed by atoms with van der Waals surface area (Å²) < 4.78 is 11.4. The summed E-state index contributed by atoms with van der Waals surface area (Å²) in [6, 6.07) is 7.51. The number of rotatable bonds is 11. The SMILES string of the molecule is CC(C)CCC[C@@H](C)[C@H]1CC[C@H]2[C@@H]3CC=C4C[C@@H](OC(=O)CCOC(=O)c5ccc(C6C=CC=C6)cc5)CC[C@]4(C)[C@H]3CC[C@]12C. The molecule has 1 aromatic rings. The van der Waals surface area contributed by atoms with Gasteiger partial charge in [-0.25, -0.2) is 4.79 Å². The highest BCUT2D eigenvalue weighted by molar-refractivity contribution is 5.89. The summed E-state index contributed by atoms with van der Waals surface area (Å²) in [5.74, 6) is 4.56. The van der Waals surface area contributed by atoms with Crippen molar-refractivity contribution in [1.29, 1.82) is 0 Å². The predicted octanol–water partition coefficient (Wildman–Crippen LogP) is 10.4. The van der Waals surface area contributed by atoms with E-state index in [0.29, 0.717) is 11.0 Å². The third-order valence-corrected chi connectivity index (χ3v) is 13.4. The fraction of sp³-hybridized carbons (Fsp3) is 0.667. The van der Waals surface area contributed by atoms with Crippen molar-refractivity contribution in [1.82, 2.24) is 0 Å². The molecular weight excluding hydrogens is 568 g/mol. The average molecular weight is 627 g/mol. The van der Waals surface area contributed by atoms with Crippen molar-refractivity contribution < 1.29 is 19.1 Å². The van der Waals surface area contributed by atoms with Crippen molar-refractivity contribution in [2.75, 3.05) is 6.61 Å². The maximum atomic E-state index is 12.8. The van der Waals surface area contributed by atoms with Crippen LogP contribution in [0.15, 0.2) is 60.2 Å². The van der Waals surface area contributed by atoms with E-state index in [-0.39, 0.29) is 36.4 Å². The maximum absolute atomic E-state index is 12.8. The van der Waals surface area contributed by atoms with Gasteiger partial charge in [-0.2, -0.15) is 0 Å². The van der Waals surface area contributed by atoms with Gasteiger partial charge in [0.15, 0.2) is 0 Å². The third-order valence-electron chi connectivity index (χ3n) is 13.4. The molecule has 0 spiro atoms. The molecule has 0 saturated heterocycles. The number of carbonyl (C=O) groups is 2. The Hall–Kier alpha value is -2.62. The monoisotopic (exact) mass is 626 g/mol. The van der Waals surface area contributed by atoms with Crippen LogP contribution in [0.1, 0.15) is 134 Å². The van der Waals surface area contributed by atoms with Crippen molar-refractivity contribution in [3.05, 3.63) is 71.3 Å². The number of hydrogen-bond donors (Lipinski definition) is 0. The van der Waals surface area contributed by atoms with E-state index in [0.717, 1.165) is 60.3 Å². The number of hydrogen-bond acceptors (Lipinski definition) is 4. The minimum atomic E-state index is -0.398. The molecule has 0 amide bonds. The normalized spacial score (nSPS) is 34.0. The molecule has 250 valence electrons. The van der Waals surface area contributed by atoms with Gasteiger partial charge in [-0.15, -0.1) is 0 Å². The first-order valence-corrected chi connectivity index (χ1v) is 18.6. The number of esters is 2. The number of allylic oxidation sites excluding steroid dienone is 5. The van der Waals surface area contributed by atoms with Gasteiger partial charge < -0.3 is 9.47 Å². The van der Waals surface area contributed by atoms with E-state index < -0.39 is 5.97 Å². The number of carbonyl (C=O) groups excluding carboxylic acids is 2. The standard InChI is InChI=1S/C42H58O4/c1-28(2)9-8-10-29(3)36-19-20-37-35-18-17-33-27-34(21-24-41(33,4)38(35)22-25-42(36,37)5)46-39(43)23-26-45-40(44)32-15-13-31(14-16-32)30-11-6-7-12-30/h6-7,11-17,28-30,34-38H,8-10,18-27H2,1-5H3/t29-,34+,35+,36-,37+,38+,41+,42-/m1/s1. The zero-order valence-corrected chi connectivity index (χ0v) is 29.1. The Labute approximate surface area is 278 Å². The van der Waals surface area contributed by atoms with Gasteiger partial charge in [-0.05, 0) is 109 Å². The van der Waals surface area contributed by atoms with Gasteiger partial charge in [-0.3, -0.25) is 4.79 Å². The van der Waals surface area contributed by atoms with Gasteiger partial charge in [0.1, 0.15) is 12.7 Å². The lowest BCUT2D eigenvalue weighted by Crippen LogP contribution is -2.51. The van der Waals surface area contributed by atoms with Crippen LogP contribution in [0.25, 0.3) is 0 Å². The molecular formula is C42H58O4. The largest absolute Gasteiger partial charge is 0.462 e. The molecule has 46 heavy (non-hydrogen) atoms. The highest BCUT2D eigenvalue weighted by Gasteiger charge is 2.59. The molecule has 5 aliphatic carbocycles. The predicted molar refractivity (Wildman–Crippen MR) is 185 cm³/mol. The van der Waals surface area contributed by atoms with E-state index in [9.17, 15) is 9.59 Å².